The molecule has 1 N–H and O–H groups in total. The van der Waals surface area contributed by atoms with E-state index in [4.69, 9.17) is 0 Å². The molecule has 2 aromatic heterocycles. The van der Waals surface area contributed by atoms with E-state index in [1.54, 1.807) is 17.5 Å². The fourth-order valence-corrected chi connectivity index (χ4v) is 6.87. The number of aromatic nitrogens is 1. The van der Waals surface area contributed by atoms with Crippen molar-refractivity contribution in [2.45, 2.75) is 30.0 Å². The number of hydrogen-bond donors (Lipinski definition) is 1. The van der Waals surface area contributed by atoms with Crippen LogP contribution in [0.3, 0.4) is 0 Å². The fraction of sp³-hybridized carbons (Fsp3) is 0.294. The number of nitrogens with zero attached hydrogens (tertiary/aromatic N) is 2. The Bertz CT molecular complexity index is 1060. The van der Waals surface area contributed by atoms with E-state index >= 15 is 0 Å². The highest BCUT2D eigenvalue weighted by Gasteiger charge is 2.40. The van der Waals surface area contributed by atoms with E-state index in [1.165, 1.54) is 27.0 Å². The number of thiophene rings is 1. The highest BCUT2D eigenvalue weighted by Crippen LogP contribution is 2.31. The van der Waals surface area contributed by atoms with E-state index in [-0.39, 0.29) is 10.1 Å². The van der Waals surface area contributed by atoms with E-state index in [9.17, 15) is 13.2 Å². The van der Waals surface area contributed by atoms with Gasteiger partial charge in [0.1, 0.15) is 10.3 Å². The van der Waals surface area contributed by atoms with E-state index in [1.807, 2.05) is 25.1 Å². The van der Waals surface area contributed by atoms with Crippen LogP contribution < -0.4 is 5.32 Å². The zero-order valence-electron chi connectivity index (χ0n) is 14.0. The van der Waals surface area contributed by atoms with E-state index in [0.717, 1.165) is 15.8 Å². The van der Waals surface area contributed by atoms with Crippen LogP contribution in [0.25, 0.3) is 10.2 Å². The molecule has 3 heterocycles. The Morgan fingerprint density at radius 2 is 2.15 bits per heavy atom. The molecule has 136 valence electrons. The number of carbonyl (C=O) groups excluding carboxylic acids is 1. The zero-order chi connectivity index (χ0) is 18.3. The summed E-state index contributed by atoms with van der Waals surface area (Å²) in [5.74, 6) is -0.320. The van der Waals surface area contributed by atoms with Crippen molar-refractivity contribution in [3.63, 3.8) is 0 Å². The molecule has 4 rings (SSSR count). The number of nitrogens with one attached hydrogen (secondary N) is 1. The van der Waals surface area contributed by atoms with E-state index in [0.29, 0.717) is 24.5 Å². The average Bonchev–Trinajstić information content (AvgIpc) is 3.35. The SMILES string of the molecule is Cc1cccc2sc(NC(=O)[C@H]3CCCN3S(=O)(=O)c3cccs3)nc12. The normalized spacial score (nSPS) is 18.4. The second-order valence-corrected chi connectivity index (χ2v) is 10.2. The van der Waals surface area contributed by atoms with Crippen LogP contribution in [0.5, 0.6) is 0 Å². The molecule has 6 nitrogen and oxygen atoms in total. The van der Waals surface area contributed by atoms with Gasteiger partial charge in [-0.2, -0.15) is 4.31 Å². The van der Waals surface area contributed by atoms with Crippen molar-refractivity contribution in [3.8, 4) is 0 Å². The summed E-state index contributed by atoms with van der Waals surface area (Å²) in [7, 11) is -3.64. The molecular weight excluding hydrogens is 390 g/mol. The Hall–Kier alpha value is -1.81. The van der Waals surface area contributed by atoms with Crippen molar-refractivity contribution in [1.82, 2.24) is 9.29 Å². The number of anilines is 1. The van der Waals surface area contributed by atoms with Gasteiger partial charge in [0.25, 0.3) is 10.0 Å². The van der Waals surface area contributed by atoms with Crippen LogP contribution in [0.2, 0.25) is 0 Å². The first-order valence-electron chi connectivity index (χ1n) is 8.19. The van der Waals surface area contributed by atoms with Crippen LogP contribution in [0.15, 0.2) is 39.9 Å². The number of benzene rings is 1. The number of rotatable bonds is 4. The van der Waals surface area contributed by atoms with Gasteiger partial charge in [-0.15, -0.1) is 11.3 Å². The maximum atomic E-state index is 12.8. The molecule has 1 amide bonds. The molecule has 0 unspecified atom stereocenters. The van der Waals surface area contributed by atoms with Crippen LogP contribution in [-0.2, 0) is 14.8 Å². The minimum Gasteiger partial charge on any atom is -0.301 e. The lowest BCUT2D eigenvalue weighted by atomic mass is 10.2. The summed E-state index contributed by atoms with van der Waals surface area (Å²) in [6.07, 6.45) is 1.18. The number of para-hydroxylation sites is 1. The maximum Gasteiger partial charge on any atom is 0.253 e. The first-order chi connectivity index (χ1) is 12.5. The number of fused-ring (bicyclic) bond motifs is 1. The Morgan fingerprint density at radius 1 is 1.31 bits per heavy atom. The van der Waals surface area contributed by atoms with Crippen LogP contribution in [0, 0.1) is 6.92 Å². The van der Waals surface area contributed by atoms with Crippen LogP contribution >= 0.6 is 22.7 Å². The quantitative estimate of drug-likeness (QED) is 0.718. The Kier molecular flexibility index (Phi) is 4.55. The number of aryl methyl sites for hydroxylation is 1. The van der Waals surface area contributed by atoms with Gasteiger partial charge in [-0.3, -0.25) is 4.79 Å². The molecule has 1 aromatic carbocycles. The van der Waals surface area contributed by atoms with Gasteiger partial charge in [0.05, 0.1) is 10.2 Å². The average molecular weight is 408 g/mol. The first kappa shape index (κ1) is 17.6. The largest absolute Gasteiger partial charge is 0.301 e. The monoisotopic (exact) mass is 407 g/mol. The van der Waals surface area contributed by atoms with Crippen molar-refractivity contribution in [2.24, 2.45) is 0 Å². The molecule has 0 aliphatic carbocycles. The van der Waals surface area contributed by atoms with Gasteiger partial charge in [0.2, 0.25) is 5.91 Å². The lowest BCUT2D eigenvalue weighted by Gasteiger charge is -2.22. The Morgan fingerprint density at radius 3 is 2.88 bits per heavy atom. The van der Waals surface area contributed by atoms with Gasteiger partial charge in [0, 0.05) is 6.54 Å². The Labute approximate surface area is 159 Å². The van der Waals surface area contributed by atoms with Crippen molar-refractivity contribution in [3.05, 3.63) is 41.3 Å². The molecule has 1 saturated heterocycles. The minimum absolute atomic E-state index is 0.271. The summed E-state index contributed by atoms with van der Waals surface area (Å²) in [6.45, 7) is 2.33. The molecule has 26 heavy (non-hydrogen) atoms. The van der Waals surface area contributed by atoms with Gasteiger partial charge in [-0.25, -0.2) is 13.4 Å². The van der Waals surface area contributed by atoms with Crippen LogP contribution in [0.4, 0.5) is 5.13 Å². The third-order valence-corrected chi connectivity index (χ3v) is 8.63. The predicted octanol–water partition coefficient (Wildman–Crippen LogP) is 3.46. The summed E-state index contributed by atoms with van der Waals surface area (Å²) < 4.78 is 28.2. The van der Waals surface area contributed by atoms with Gasteiger partial charge in [-0.1, -0.05) is 29.5 Å². The highest BCUT2D eigenvalue weighted by molar-refractivity contribution is 7.91. The fourth-order valence-electron chi connectivity index (χ4n) is 3.14. The predicted molar refractivity (Wildman–Crippen MR) is 104 cm³/mol. The molecule has 1 atom stereocenters. The van der Waals surface area contributed by atoms with Gasteiger partial charge >= 0.3 is 0 Å². The summed E-state index contributed by atoms with van der Waals surface area (Å²) in [5, 5.41) is 5.04. The number of amides is 1. The molecule has 1 fully saturated rings. The first-order valence-corrected chi connectivity index (χ1v) is 11.3. The molecule has 1 aliphatic heterocycles. The summed E-state index contributed by atoms with van der Waals surface area (Å²) in [6, 6.07) is 8.46. The second-order valence-electron chi connectivity index (χ2n) is 6.14. The van der Waals surface area contributed by atoms with Gasteiger partial charge in [-0.05, 0) is 42.8 Å². The number of thiazole rings is 1. The molecule has 9 heteroatoms. The standard InChI is InChI=1S/C17H17N3O3S3/c1-11-5-2-7-13-15(11)18-17(25-13)19-16(21)12-6-3-9-20(12)26(22,23)14-8-4-10-24-14/h2,4-5,7-8,10,12H,3,6,9H2,1H3,(H,18,19,21)/t12-/m1/s1. The molecular formula is C17H17N3O3S3. The minimum atomic E-state index is -3.64. The highest BCUT2D eigenvalue weighted by atomic mass is 32.2. The third-order valence-electron chi connectivity index (χ3n) is 4.42. The Balaban J connectivity index is 1.58. The summed E-state index contributed by atoms with van der Waals surface area (Å²) in [4.78, 5) is 17.2. The van der Waals surface area contributed by atoms with Crippen molar-refractivity contribution < 1.29 is 13.2 Å². The smallest absolute Gasteiger partial charge is 0.253 e. The lowest BCUT2D eigenvalue weighted by molar-refractivity contribution is -0.119. The van der Waals surface area contributed by atoms with E-state index in [2.05, 4.69) is 10.3 Å². The van der Waals surface area contributed by atoms with Crippen LogP contribution in [0.1, 0.15) is 18.4 Å². The van der Waals surface area contributed by atoms with Crippen molar-refractivity contribution >= 4 is 54.0 Å². The number of carbonyl (C=O) groups is 1. The van der Waals surface area contributed by atoms with Crippen molar-refractivity contribution in [2.75, 3.05) is 11.9 Å². The lowest BCUT2D eigenvalue weighted by Crippen LogP contribution is -2.42. The third kappa shape index (κ3) is 3.05. The van der Waals surface area contributed by atoms with Crippen LogP contribution in [-0.4, -0.2) is 36.2 Å². The van der Waals surface area contributed by atoms with Crippen molar-refractivity contribution in [1.29, 1.82) is 0 Å². The molecule has 0 saturated carbocycles. The molecule has 0 bridgehead atoms. The number of hydrogen-bond acceptors (Lipinski definition) is 6. The molecule has 1 aliphatic rings. The second kappa shape index (κ2) is 6.73. The van der Waals surface area contributed by atoms with Gasteiger partial charge < -0.3 is 5.32 Å². The zero-order valence-corrected chi connectivity index (χ0v) is 16.5. The van der Waals surface area contributed by atoms with Gasteiger partial charge in [0.15, 0.2) is 5.13 Å². The topological polar surface area (TPSA) is 79.4 Å². The van der Waals surface area contributed by atoms with E-state index < -0.39 is 16.1 Å². The number of sulfonamides is 1. The molecule has 0 radical (unpaired) electrons. The summed E-state index contributed by atoms with van der Waals surface area (Å²) in [5.41, 5.74) is 1.91. The summed E-state index contributed by atoms with van der Waals surface area (Å²) >= 11 is 2.56. The maximum absolute atomic E-state index is 12.8. The molecule has 3 aromatic rings. The molecule has 0 spiro atoms.